The number of fused-ring (bicyclic) bond motifs is 2. The molecule has 2 fully saturated rings. The van der Waals surface area contributed by atoms with Crippen LogP contribution in [0.5, 0.6) is 0 Å². The highest BCUT2D eigenvalue weighted by atomic mass is 35.5. The SMILES string of the molecule is CCc1[nH]c2nc(Sc3ccc4nc(N5CC(N)C5)cnc4c3)nc(N3CCC(N)C3)c2c1Cl. The number of aromatic nitrogens is 5. The van der Waals surface area contributed by atoms with Gasteiger partial charge in [-0.2, -0.15) is 0 Å². The third-order valence-corrected chi connectivity index (χ3v) is 7.72. The van der Waals surface area contributed by atoms with Crippen molar-refractivity contribution in [1.82, 2.24) is 24.9 Å². The van der Waals surface area contributed by atoms with Crippen LogP contribution in [0.25, 0.3) is 22.1 Å². The van der Waals surface area contributed by atoms with E-state index in [9.17, 15) is 0 Å². The maximum absolute atomic E-state index is 6.71. The molecule has 5 N–H and O–H groups in total. The lowest BCUT2D eigenvalue weighted by Gasteiger charge is -2.37. The van der Waals surface area contributed by atoms with Gasteiger partial charge in [0.2, 0.25) is 0 Å². The molecule has 0 spiro atoms. The van der Waals surface area contributed by atoms with Gasteiger partial charge < -0.3 is 26.3 Å². The number of benzene rings is 1. The van der Waals surface area contributed by atoms with Crippen molar-refractivity contribution in [2.24, 2.45) is 11.5 Å². The van der Waals surface area contributed by atoms with Crippen molar-refractivity contribution in [3.8, 4) is 0 Å². The number of aromatic amines is 1. The zero-order valence-corrected chi connectivity index (χ0v) is 20.4. The average Bonchev–Trinajstić information content (AvgIpc) is 3.39. The largest absolute Gasteiger partial charge is 0.354 e. The van der Waals surface area contributed by atoms with Crippen molar-refractivity contribution >= 4 is 57.1 Å². The Hall–Kier alpha value is -2.66. The lowest BCUT2D eigenvalue weighted by molar-refractivity contribution is 0.514. The number of halogens is 1. The molecule has 9 nitrogen and oxygen atoms in total. The first-order valence-corrected chi connectivity index (χ1v) is 12.7. The van der Waals surface area contributed by atoms with E-state index in [1.807, 2.05) is 24.4 Å². The van der Waals surface area contributed by atoms with Gasteiger partial charge in [-0.1, -0.05) is 18.5 Å². The Morgan fingerprint density at radius 3 is 2.65 bits per heavy atom. The Morgan fingerprint density at radius 1 is 1.09 bits per heavy atom. The molecule has 2 aliphatic heterocycles. The lowest BCUT2D eigenvalue weighted by Crippen LogP contribution is -2.56. The second-order valence-electron chi connectivity index (χ2n) is 8.97. The number of rotatable bonds is 5. The summed E-state index contributed by atoms with van der Waals surface area (Å²) in [7, 11) is 0. The van der Waals surface area contributed by atoms with Gasteiger partial charge in [0.1, 0.15) is 17.3 Å². The van der Waals surface area contributed by atoms with Crippen LogP contribution >= 0.6 is 23.4 Å². The molecule has 34 heavy (non-hydrogen) atoms. The molecule has 3 aromatic heterocycles. The third kappa shape index (κ3) is 3.84. The van der Waals surface area contributed by atoms with Crippen LogP contribution in [0, 0.1) is 0 Å². The van der Waals surface area contributed by atoms with Gasteiger partial charge in [0.15, 0.2) is 5.16 Å². The van der Waals surface area contributed by atoms with Crippen LogP contribution in [0.3, 0.4) is 0 Å². The summed E-state index contributed by atoms with van der Waals surface area (Å²) in [6.45, 7) is 5.33. The molecule has 0 radical (unpaired) electrons. The van der Waals surface area contributed by atoms with Crippen molar-refractivity contribution < 1.29 is 0 Å². The molecule has 0 saturated carbocycles. The zero-order chi connectivity index (χ0) is 23.4. The molecule has 2 saturated heterocycles. The third-order valence-electron chi connectivity index (χ3n) is 6.44. The quantitative estimate of drug-likeness (QED) is 0.358. The summed E-state index contributed by atoms with van der Waals surface area (Å²) in [5.41, 5.74) is 15.5. The molecule has 1 atom stereocenters. The van der Waals surface area contributed by atoms with E-state index in [1.165, 1.54) is 11.8 Å². The van der Waals surface area contributed by atoms with Gasteiger partial charge in [-0.3, -0.25) is 4.98 Å². The van der Waals surface area contributed by atoms with E-state index in [2.05, 4.69) is 26.7 Å². The van der Waals surface area contributed by atoms with Crippen LogP contribution in [-0.4, -0.2) is 63.2 Å². The van der Waals surface area contributed by atoms with Crippen molar-refractivity contribution in [3.05, 3.63) is 35.1 Å². The van der Waals surface area contributed by atoms with E-state index in [1.54, 1.807) is 0 Å². The standard InChI is InChI=1S/C23H26ClN9S/c1-2-15-20(24)19-21(29-15)30-23(31-22(19)32-6-5-12(25)9-32)34-14-3-4-16-17(7-14)27-8-18(28-16)33-10-13(26)11-33/h3-4,7-8,12-13H,2,5-6,9-11,25-26H2,1H3,(H,29,30,31). The molecule has 0 aliphatic carbocycles. The Bertz CT molecular complexity index is 1380. The molecule has 0 amide bonds. The van der Waals surface area contributed by atoms with E-state index >= 15 is 0 Å². The van der Waals surface area contributed by atoms with Gasteiger partial charge in [0.05, 0.1) is 27.6 Å². The van der Waals surface area contributed by atoms with Crippen LogP contribution in [0.15, 0.2) is 34.4 Å². The minimum Gasteiger partial charge on any atom is -0.354 e. The van der Waals surface area contributed by atoms with Crippen molar-refractivity contribution in [1.29, 1.82) is 0 Å². The summed E-state index contributed by atoms with van der Waals surface area (Å²) in [5.74, 6) is 1.71. The number of nitrogens with two attached hydrogens (primary N) is 2. The number of hydrogen-bond acceptors (Lipinski definition) is 9. The van der Waals surface area contributed by atoms with E-state index < -0.39 is 0 Å². The molecule has 1 aromatic carbocycles. The lowest BCUT2D eigenvalue weighted by atomic mass is 10.1. The first-order valence-electron chi connectivity index (χ1n) is 11.5. The monoisotopic (exact) mass is 495 g/mol. The van der Waals surface area contributed by atoms with E-state index in [4.69, 9.17) is 38.0 Å². The smallest absolute Gasteiger partial charge is 0.196 e. The Labute approximate surface area is 206 Å². The number of nitrogens with one attached hydrogen (secondary N) is 1. The molecule has 176 valence electrons. The van der Waals surface area contributed by atoms with Gasteiger partial charge in [0, 0.05) is 48.9 Å². The predicted octanol–water partition coefficient (Wildman–Crippen LogP) is 2.95. The Balaban J connectivity index is 1.34. The number of aryl methyl sites for hydroxylation is 1. The maximum atomic E-state index is 6.71. The summed E-state index contributed by atoms with van der Waals surface area (Å²) < 4.78 is 0. The molecule has 5 heterocycles. The molecule has 6 rings (SSSR count). The van der Waals surface area contributed by atoms with Gasteiger partial charge in [0.25, 0.3) is 0 Å². The predicted molar refractivity (Wildman–Crippen MR) is 137 cm³/mol. The molecule has 2 aliphatic rings. The Kier molecular flexibility index (Phi) is 5.48. The summed E-state index contributed by atoms with van der Waals surface area (Å²) in [6.07, 6.45) is 3.55. The van der Waals surface area contributed by atoms with Crippen LogP contribution in [0.4, 0.5) is 11.6 Å². The topological polar surface area (TPSA) is 126 Å². The average molecular weight is 496 g/mol. The maximum Gasteiger partial charge on any atom is 0.196 e. The molecule has 1 unspecified atom stereocenters. The van der Waals surface area contributed by atoms with Crippen LogP contribution in [-0.2, 0) is 6.42 Å². The zero-order valence-electron chi connectivity index (χ0n) is 18.8. The summed E-state index contributed by atoms with van der Waals surface area (Å²) in [4.78, 5) is 27.8. The number of hydrogen-bond donors (Lipinski definition) is 3. The second kappa shape index (κ2) is 8.53. The van der Waals surface area contributed by atoms with Crippen molar-refractivity contribution in [2.45, 2.75) is 41.9 Å². The molecule has 0 bridgehead atoms. The van der Waals surface area contributed by atoms with Crippen LogP contribution < -0.4 is 21.3 Å². The first-order chi connectivity index (χ1) is 16.5. The van der Waals surface area contributed by atoms with Gasteiger partial charge in [-0.05, 0) is 42.8 Å². The first kappa shape index (κ1) is 21.8. The molecule has 4 aromatic rings. The van der Waals surface area contributed by atoms with Gasteiger partial charge in [-0.15, -0.1) is 0 Å². The highest BCUT2D eigenvalue weighted by Crippen LogP contribution is 2.38. The Morgan fingerprint density at radius 2 is 1.91 bits per heavy atom. The fourth-order valence-corrected chi connectivity index (χ4v) is 5.71. The minimum atomic E-state index is 0.139. The molecule has 11 heteroatoms. The van der Waals surface area contributed by atoms with E-state index in [0.29, 0.717) is 10.2 Å². The van der Waals surface area contributed by atoms with E-state index in [-0.39, 0.29) is 12.1 Å². The van der Waals surface area contributed by atoms with Crippen LogP contribution in [0.2, 0.25) is 5.02 Å². The number of nitrogens with zero attached hydrogens (tertiary/aromatic N) is 6. The van der Waals surface area contributed by atoms with Gasteiger partial charge in [-0.25, -0.2) is 15.0 Å². The summed E-state index contributed by atoms with van der Waals surface area (Å²) >= 11 is 8.21. The van der Waals surface area contributed by atoms with Crippen molar-refractivity contribution in [2.75, 3.05) is 36.0 Å². The van der Waals surface area contributed by atoms with Crippen molar-refractivity contribution in [3.63, 3.8) is 0 Å². The molecular weight excluding hydrogens is 470 g/mol. The summed E-state index contributed by atoms with van der Waals surface area (Å²) in [5, 5.41) is 2.23. The highest BCUT2D eigenvalue weighted by molar-refractivity contribution is 7.99. The number of anilines is 2. The van der Waals surface area contributed by atoms with E-state index in [0.717, 1.165) is 83.3 Å². The van der Waals surface area contributed by atoms with Crippen LogP contribution in [0.1, 0.15) is 19.0 Å². The molecular formula is C23H26ClN9S. The normalized spacial score (nSPS) is 18.9. The minimum absolute atomic E-state index is 0.139. The second-order valence-corrected chi connectivity index (χ2v) is 10.4. The highest BCUT2D eigenvalue weighted by Gasteiger charge is 2.27. The summed E-state index contributed by atoms with van der Waals surface area (Å²) in [6, 6.07) is 6.41. The fraction of sp³-hybridized carbons (Fsp3) is 0.391. The van der Waals surface area contributed by atoms with Gasteiger partial charge >= 0.3 is 0 Å². The fourth-order valence-electron chi connectivity index (χ4n) is 4.57. The number of H-pyrrole nitrogens is 1.